The molecule has 1 N–H and O–H groups in total. The number of rotatable bonds is 7. The van der Waals surface area contributed by atoms with Crippen LogP contribution in [0.4, 0.5) is 0 Å². The fraction of sp³-hybridized carbons (Fsp3) is 0.273. The smallest absolute Gasteiger partial charge is 0.251 e. The summed E-state index contributed by atoms with van der Waals surface area (Å²) in [4.78, 5) is 16.7. The highest BCUT2D eigenvalue weighted by Gasteiger charge is 2.14. The Kier molecular flexibility index (Phi) is 6.24. The van der Waals surface area contributed by atoms with Gasteiger partial charge in [0.05, 0.1) is 0 Å². The van der Waals surface area contributed by atoms with E-state index in [2.05, 4.69) is 27.1 Å². The van der Waals surface area contributed by atoms with Gasteiger partial charge in [0, 0.05) is 29.6 Å². The lowest BCUT2D eigenvalue weighted by atomic mass is 10.0. The molecule has 0 spiro atoms. The van der Waals surface area contributed by atoms with Crippen molar-refractivity contribution in [1.82, 2.24) is 10.3 Å². The molecule has 1 atom stereocenters. The minimum absolute atomic E-state index is 0.0530. The van der Waals surface area contributed by atoms with Gasteiger partial charge in [-0.1, -0.05) is 6.07 Å². The van der Waals surface area contributed by atoms with Crippen LogP contribution < -0.4 is 10.1 Å². The van der Waals surface area contributed by atoms with Crippen molar-refractivity contribution in [2.75, 3.05) is 0 Å². The van der Waals surface area contributed by atoms with E-state index >= 15 is 0 Å². The molecule has 3 aromatic rings. The van der Waals surface area contributed by atoms with Gasteiger partial charge in [-0.25, -0.2) is 0 Å². The van der Waals surface area contributed by atoms with Crippen molar-refractivity contribution in [1.29, 1.82) is 0 Å². The third kappa shape index (κ3) is 5.17. The molecule has 0 aliphatic carbocycles. The summed E-state index contributed by atoms with van der Waals surface area (Å²) in [5.74, 6) is 0.768. The molecule has 1 amide bonds. The highest BCUT2D eigenvalue weighted by molar-refractivity contribution is 7.07. The highest BCUT2D eigenvalue weighted by Crippen LogP contribution is 2.26. The Labute approximate surface area is 164 Å². The normalized spacial score (nSPS) is 11.8. The maximum atomic E-state index is 12.6. The molecule has 4 nitrogen and oxygen atoms in total. The molecule has 1 aromatic carbocycles. The van der Waals surface area contributed by atoms with Gasteiger partial charge in [0.2, 0.25) is 0 Å². The number of ether oxygens (including phenoxy) is 1. The minimum atomic E-state index is -0.0530. The number of carbonyl (C=O) groups excluding carboxylic acids is 1. The first kappa shape index (κ1) is 19.1. The third-order valence-electron chi connectivity index (χ3n) is 4.33. The van der Waals surface area contributed by atoms with Crippen LogP contribution in [0.5, 0.6) is 5.75 Å². The number of amides is 1. The van der Waals surface area contributed by atoms with E-state index in [1.807, 2.05) is 45.0 Å². The number of carbonyl (C=O) groups is 1. The van der Waals surface area contributed by atoms with Gasteiger partial charge in [-0.15, -0.1) is 0 Å². The van der Waals surface area contributed by atoms with Crippen LogP contribution in [-0.4, -0.2) is 16.9 Å². The molecule has 2 aromatic heterocycles. The molecule has 0 saturated carbocycles. The summed E-state index contributed by atoms with van der Waals surface area (Å²) in [5.41, 5.74) is 4.83. The number of aryl methyl sites for hydroxylation is 2. The fourth-order valence-electron chi connectivity index (χ4n) is 3.07. The summed E-state index contributed by atoms with van der Waals surface area (Å²) in [6.07, 6.45) is 4.37. The quantitative estimate of drug-likeness (QED) is 0.646. The van der Waals surface area contributed by atoms with Crippen LogP contribution in [0.2, 0.25) is 0 Å². The lowest BCUT2D eigenvalue weighted by Gasteiger charge is -2.16. The summed E-state index contributed by atoms with van der Waals surface area (Å²) in [7, 11) is 0. The molecule has 2 heterocycles. The molecule has 0 aliphatic rings. The Bertz CT molecular complexity index is 869. The molecule has 5 heteroatoms. The van der Waals surface area contributed by atoms with Gasteiger partial charge in [-0.3, -0.25) is 9.78 Å². The standard InChI is InChI=1S/C22H24N2O2S/c1-15-9-20(22(25)24-17(3)11-18-6-8-27-14-18)10-16(2)21(15)26-13-19-5-4-7-23-12-19/h4-10,12,14,17H,11,13H2,1-3H3,(H,24,25). The van der Waals surface area contributed by atoms with Gasteiger partial charge in [0.1, 0.15) is 12.4 Å². The molecule has 3 rings (SSSR count). The first-order chi connectivity index (χ1) is 13.0. The molecular weight excluding hydrogens is 356 g/mol. The van der Waals surface area contributed by atoms with E-state index in [9.17, 15) is 4.79 Å². The maximum absolute atomic E-state index is 12.6. The number of pyridine rings is 1. The lowest BCUT2D eigenvalue weighted by Crippen LogP contribution is -2.34. The minimum Gasteiger partial charge on any atom is -0.488 e. The average Bonchev–Trinajstić information content (AvgIpc) is 3.14. The largest absolute Gasteiger partial charge is 0.488 e. The van der Waals surface area contributed by atoms with Crippen molar-refractivity contribution >= 4 is 17.2 Å². The summed E-state index contributed by atoms with van der Waals surface area (Å²) in [5, 5.41) is 7.26. The number of benzene rings is 1. The molecule has 1 unspecified atom stereocenters. The number of hydrogen-bond donors (Lipinski definition) is 1. The highest BCUT2D eigenvalue weighted by atomic mass is 32.1. The number of nitrogens with one attached hydrogen (secondary N) is 1. The maximum Gasteiger partial charge on any atom is 0.251 e. The van der Waals surface area contributed by atoms with Crippen molar-refractivity contribution in [3.8, 4) is 5.75 Å². The molecule has 0 radical (unpaired) electrons. The van der Waals surface area contributed by atoms with Gasteiger partial charge in [-0.05, 0) is 78.9 Å². The zero-order chi connectivity index (χ0) is 19.2. The summed E-state index contributed by atoms with van der Waals surface area (Å²) >= 11 is 1.67. The first-order valence-corrected chi connectivity index (χ1v) is 9.92. The van der Waals surface area contributed by atoms with Crippen LogP contribution in [-0.2, 0) is 13.0 Å². The fourth-order valence-corrected chi connectivity index (χ4v) is 3.75. The Morgan fingerprint density at radius 3 is 2.63 bits per heavy atom. The van der Waals surface area contributed by atoms with Crippen molar-refractivity contribution in [3.05, 3.63) is 81.3 Å². The molecule has 27 heavy (non-hydrogen) atoms. The van der Waals surface area contributed by atoms with Crippen molar-refractivity contribution < 1.29 is 9.53 Å². The predicted molar refractivity (Wildman–Crippen MR) is 109 cm³/mol. The van der Waals surface area contributed by atoms with Crippen LogP contribution >= 0.6 is 11.3 Å². The average molecular weight is 381 g/mol. The Morgan fingerprint density at radius 2 is 2.00 bits per heavy atom. The number of thiophene rings is 1. The van der Waals surface area contributed by atoms with Gasteiger partial charge in [-0.2, -0.15) is 11.3 Å². The van der Waals surface area contributed by atoms with E-state index in [-0.39, 0.29) is 11.9 Å². The van der Waals surface area contributed by atoms with E-state index in [0.29, 0.717) is 12.2 Å². The van der Waals surface area contributed by atoms with E-state index < -0.39 is 0 Å². The molecule has 0 saturated heterocycles. The van der Waals surface area contributed by atoms with Crippen molar-refractivity contribution in [3.63, 3.8) is 0 Å². The van der Waals surface area contributed by atoms with Crippen LogP contribution in [0, 0.1) is 13.8 Å². The van der Waals surface area contributed by atoms with Gasteiger partial charge < -0.3 is 10.1 Å². The van der Waals surface area contributed by atoms with E-state index in [1.165, 1.54) is 5.56 Å². The SMILES string of the molecule is Cc1cc(C(=O)NC(C)Cc2ccsc2)cc(C)c1OCc1cccnc1. The second-order valence-corrected chi connectivity index (χ2v) is 7.58. The second-order valence-electron chi connectivity index (χ2n) is 6.80. The van der Waals surface area contributed by atoms with Gasteiger partial charge in [0.25, 0.3) is 5.91 Å². The monoisotopic (exact) mass is 380 g/mol. The molecular formula is C22H24N2O2S. The topological polar surface area (TPSA) is 51.2 Å². The Balaban J connectivity index is 1.65. The third-order valence-corrected chi connectivity index (χ3v) is 5.06. The zero-order valence-corrected chi connectivity index (χ0v) is 16.7. The van der Waals surface area contributed by atoms with Crippen LogP contribution in [0.3, 0.4) is 0 Å². The lowest BCUT2D eigenvalue weighted by molar-refractivity contribution is 0.0940. The van der Waals surface area contributed by atoms with E-state index in [1.54, 1.807) is 23.7 Å². The van der Waals surface area contributed by atoms with Crippen molar-refractivity contribution in [2.45, 2.75) is 39.8 Å². The zero-order valence-electron chi connectivity index (χ0n) is 15.9. The summed E-state index contributed by atoms with van der Waals surface area (Å²) < 4.78 is 5.97. The number of nitrogens with zero attached hydrogens (tertiary/aromatic N) is 1. The summed E-state index contributed by atoms with van der Waals surface area (Å²) in [6.45, 7) is 6.42. The van der Waals surface area contributed by atoms with Crippen LogP contribution in [0.25, 0.3) is 0 Å². The van der Waals surface area contributed by atoms with E-state index in [4.69, 9.17) is 4.74 Å². The van der Waals surface area contributed by atoms with Crippen LogP contribution in [0.1, 0.15) is 39.5 Å². The van der Waals surface area contributed by atoms with Gasteiger partial charge in [0.15, 0.2) is 0 Å². The second kappa shape index (κ2) is 8.82. The molecule has 140 valence electrons. The van der Waals surface area contributed by atoms with E-state index in [0.717, 1.165) is 28.9 Å². The van der Waals surface area contributed by atoms with Crippen LogP contribution in [0.15, 0.2) is 53.5 Å². The molecule has 0 bridgehead atoms. The van der Waals surface area contributed by atoms with Gasteiger partial charge >= 0.3 is 0 Å². The molecule has 0 fully saturated rings. The Morgan fingerprint density at radius 1 is 1.22 bits per heavy atom. The van der Waals surface area contributed by atoms with Crippen molar-refractivity contribution in [2.24, 2.45) is 0 Å². The molecule has 0 aliphatic heterocycles. The summed E-state index contributed by atoms with van der Waals surface area (Å²) in [6, 6.07) is 9.82. The first-order valence-electron chi connectivity index (χ1n) is 8.98. The Hall–Kier alpha value is -2.66. The predicted octanol–water partition coefficient (Wildman–Crippen LogP) is 4.70. The number of hydrogen-bond acceptors (Lipinski definition) is 4. The number of aromatic nitrogens is 1.